The highest BCUT2D eigenvalue weighted by Crippen LogP contribution is 2.12. The van der Waals surface area contributed by atoms with Gasteiger partial charge in [-0.05, 0) is 47.5 Å². The minimum atomic E-state index is -0.179. The number of rotatable bonds is 6. The summed E-state index contributed by atoms with van der Waals surface area (Å²) >= 11 is 0. The van der Waals surface area contributed by atoms with E-state index < -0.39 is 0 Å². The molecule has 0 aromatic heterocycles. The van der Waals surface area contributed by atoms with Crippen molar-refractivity contribution >= 4 is 23.7 Å². The zero-order chi connectivity index (χ0) is 21.3. The normalized spacial score (nSPS) is 10.6. The zero-order valence-corrected chi connectivity index (χ0v) is 15.9. The van der Waals surface area contributed by atoms with Crippen molar-refractivity contribution in [1.29, 1.82) is 10.5 Å². The Morgan fingerprint density at radius 3 is 1.40 bits per heavy atom. The maximum atomic E-state index is 12.2. The van der Waals surface area contributed by atoms with Crippen molar-refractivity contribution < 1.29 is 9.59 Å². The molecule has 0 aliphatic carbocycles. The molecule has 0 N–H and O–H groups in total. The van der Waals surface area contributed by atoms with Crippen LogP contribution in [0.5, 0.6) is 0 Å². The Bertz CT molecular complexity index is 1140. The van der Waals surface area contributed by atoms with Crippen LogP contribution in [0.4, 0.5) is 0 Å². The van der Waals surface area contributed by atoms with Gasteiger partial charge in [-0.25, -0.2) is 0 Å². The highest BCUT2D eigenvalue weighted by molar-refractivity contribution is 6.07. The maximum absolute atomic E-state index is 12.2. The van der Waals surface area contributed by atoms with Crippen molar-refractivity contribution in [1.82, 2.24) is 0 Å². The summed E-state index contributed by atoms with van der Waals surface area (Å²) in [5, 5.41) is 17.9. The standard InChI is InChI=1S/C26H16N2O2/c27-17-21-3-1-5-23(15-21)25(29)13-11-19-7-9-20(10-8-19)12-14-26(30)24-6-2-4-22(16-24)18-28/h1-16H/b13-11+,14-12+. The number of benzene rings is 3. The van der Waals surface area contributed by atoms with Crippen LogP contribution in [0.2, 0.25) is 0 Å². The molecule has 3 aromatic carbocycles. The summed E-state index contributed by atoms with van der Waals surface area (Å²) in [5.74, 6) is -0.359. The van der Waals surface area contributed by atoms with Crippen molar-refractivity contribution in [3.63, 3.8) is 0 Å². The van der Waals surface area contributed by atoms with Crippen molar-refractivity contribution in [2.75, 3.05) is 0 Å². The number of allylic oxidation sites excluding steroid dienone is 2. The minimum absolute atomic E-state index is 0.179. The van der Waals surface area contributed by atoms with Crippen LogP contribution >= 0.6 is 0 Å². The first-order valence-electron chi connectivity index (χ1n) is 9.14. The molecule has 3 rings (SSSR count). The average molecular weight is 388 g/mol. The van der Waals surface area contributed by atoms with Crippen LogP contribution in [0.15, 0.2) is 84.9 Å². The summed E-state index contributed by atoms with van der Waals surface area (Å²) in [6.45, 7) is 0. The second kappa shape index (κ2) is 9.59. The Labute approximate surface area is 174 Å². The molecule has 0 saturated heterocycles. The van der Waals surface area contributed by atoms with E-state index in [1.165, 1.54) is 12.2 Å². The monoisotopic (exact) mass is 388 g/mol. The molecule has 0 fully saturated rings. The average Bonchev–Trinajstić information content (AvgIpc) is 2.81. The number of hydrogen-bond acceptors (Lipinski definition) is 4. The molecule has 0 saturated carbocycles. The topological polar surface area (TPSA) is 81.7 Å². The minimum Gasteiger partial charge on any atom is -0.289 e. The predicted molar refractivity (Wildman–Crippen MR) is 115 cm³/mol. The van der Waals surface area contributed by atoms with E-state index in [0.717, 1.165) is 11.1 Å². The number of ketones is 2. The molecule has 0 aliphatic rings. The summed E-state index contributed by atoms with van der Waals surface area (Å²) in [6.07, 6.45) is 6.33. The molecule has 3 aromatic rings. The lowest BCUT2D eigenvalue weighted by Gasteiger charge is -1.99. The molecule has 0 amide bonds. The van der Waals surface area contributed by atoms with Gasteiger partial charge in [-0.15, -0.1) is 0 Å². The lowest BCUT2D eigenvalue weighted by atomic mass is 10.0. The summed E-state index contributed by atoms with van der Waals surface area (Å²) in [5.41, 5.74) is 3.49. The van der Waals surface area contributed by atoms with Gasteiger partial charge < -0.3 is 0 Å². The van der Waals surface area contributed by atoms with E-state index in [-0.39, 0.29) is 11.6 Å². The van der Waals surface area contributed by atoms with E-state index in [4.69, 9.17) is 10.5 Å². The smallest absolute Gasteiger partial charge is 0.185 e. The summed E-state index contributed by atoms with van der Waals surface area (Å²) in [6, 6.07) is 24.5. The highest BCUT2D eigenvalue weighted by Gasteiger charge is 2.04. The van der Waals surface area contributed by atoms with Crippen LogP contribution in [0, 0.1) is 22.7 Å². The number of nitrogens with zero attached hydrogens (tertiary/aromatic N) is 2. The van der Waals surface area contributed by atoms with Crippen molar-refractivity contribution in [2.24, 2.45) is 0 Å². The van der Waals surface area contributed by atoms with E-state index in [2.05, 4.69) is 0 Å². The molecule has 0 spiro atoms. The number of hydrogen-bond donors (Lipinski definition) is 0. The SMILES string of the molecule is N#Cc1cccc(C(=O)/C=C/c2ccc(/C=C/C(=O)c3cccc(C#N)c3)cc2)c1. The molecule has 0 bridgehead atoms. The van der Waals surface area contributed by atoms with E-state index in [9.17, 15) is 9.59 Å². The highest BCUT2D eigenvalue weighted by atomic mass is 16.1. The lowest BCUT2D eigenvalue weighted by Crippen LogP contribution is -1.94. The van der Waals surface area contributed by atoms with Crippen molar-refractivity contribution in [2.45, 2.75) is 0 Å². The number of carbonyl (C=O) groups excluding carboxylic acids is 2. The van der Waals surface area contributed by atoms with Gasteiger partial charge in [-0.2, -0.15) is 10.5 Å². The van der Waals surface area contributed by atoms with Gasteiger partial charge in [0.2, 0.25) is 0 Å². The van der Waals surface area contributed by atoms with Gasteiger partial charge in [0.25, 0.3) is 0 Å². The maximum Gasteiger partial charge on any atom is 0.185 e. The van der Waals surface area contributed by atoms with Crippen molar-refractivity contribution in [3.8, 4) is 12.1 Å². The Kier molecular flexibility index (Phi) is 6.46. The van der Waals surface area contributed by atoms with Gasteiger partial charge in [0.15, 0.2) is 11.6 Å². The van der Waals surface area contributed by atoms with Crippen LogP contribution in [-0.4, -0.2) is 11.6 Å². The second-order valence-electron chi connectivity index (χ2n) is 6.45. The molecule has 0 heterocycles. The molecule has 4 nitrogen and oxygen atoms in total. The fourth-order valence-electron chi connectivity index (χ4n) is 2.74. The van der Waals surface area contributed by atoms with Gasteiger partial charge in [-0.1, -0.05) is 60.7 Å². The van der Waals surface area contributed by atoms with E-state index in [0.29, 0.717) is 22.3 Å². The zero-order valence-electron chi connectivity index (χ0n) is 15.9. The molecular weight excluding hydrogens is 372 g/mol. The quantitative estimate of drug-likeness (QED) is 0.428. The van der Waals surface area contributed by atoms with Crippen molar-refractivity contribution in [3.05, 3.63) is 118 Å². The Balaban J connectivity index is 1.66. The number of nitriles is 2. The number of carbonyl (C=O) groups is 2. The fraction of sp³-hybridized carbons (Fsp3) is 0. The van der Waals surface area contributed by atoms with E-state index in [1.807, 2.05) is 36.4 Å². The van der Waals surface area contributed by atoms with Gasteiger partial charge >= 0.3 is 0 Å². The van der Waals surface area contributed by atoms with Gasteiger partial charge in [-0.3, -0.25) is 9.59 Å². The van der Waals surface area contributed by atoms with E-state index >= 15 is 0 Å². The Morgan fingerprint density at radius 1 is 0.633 bits per heavy atom. The van der Waals surface area contributed by atoms with Crippen LogP contribution in [0.3, 0.4) is 0 Å². The summed E-state index contributed by atoms with van der Waals surface area (Å²) in [4.78, 5) is 24.5. The summed E-state index contributed by atoms with van der Waals surface area (Å²) < 4.78 is 0. The fourth-order valence-corrected chi connectivity index (χ4v) is 2.74. The molecular formula is C26H16N2O2. The predicted octanol–water partition coefficient (Wildman–Crippen LogP) is 5.22. The molecule has 0 aliphatic heterocycles. The molecule has 0 radical (unpaired) electrons. The molecule has 0 atom stereocenters. The lowest BCUT2D eigenvalue weighted by molar-refractivity contribution is 0.103. The third-order valence-corrected chi connectivity index (χ3v) is 4.34. The molecule has 30 heavy (non-hydrogen) atoms. The van der Waals surface area contributed by atoms with Crippen LogP contribution in [0.25, 0.3) is 12.2 Å². The second-order valence-corrected chi connectivity index (χ2v) is 6.45. The van der Waals surface area contributed by atoms with E-state index in [1.54, 1.807) is 60.7 Å². The van der Waals surface area contributed by atoms with Gasteiger partial charge in [0, 0.05) is 11.1 Å². The molecule has 4 heteroatoms. The first-order chi connectivity index (χ1) is 14.6. The Morgan fingerprint density at radius 2 is 1.03 bits per heavy atom. The first-order valence-corrected chi connectivity index (χ1v) is 9.14. The summed E-state index contributed by atoms with van der Waals surface area (Å²) in [7, 11) is 0. The van der Waals surface area contributed by atoms with Crippen LogP contribution in [0.1, 0.15) is 43.0 Å². The third kappa shape index (κ3) is 5.25. The van der Waals surface area contributed by atoms with Crippen LogP contribution < -0.4 is 0 Å². The molecule has 0 unspecified atom stereocenters. The van der Waals surface area contributed by atoms with Gasteiger partial charge in [0.05, 0.1) is 23.3 Å². The first kappa shape index (κ1) is 20.2. The largest absolute Gasteiger partial charge is 0.289 e. The Hall–Kier alpha value is -4.54. The van der Waals surface area contributed by atoms with Crippen LogP contribution in [-0.2, 0) is 0 Å². The molecule has 142 valence electrons. The van der Waals surface area contributed by atoms with Gasteiger partial charge in [0.1, 0.15) is 0 Å². The third-order valence-electron chi connectivity index (χ3n) is 4.34.